The van der Waals surface area contributed by atoms with E-state index in [0.717, 1.165) is 37.8 Å². The lowest BCUT2D eigenvalue weighted by Crippen LogP contribution is -2.36. The van der Waals surface area contributed by atoms with Gasteiger partial charge in [0.1, 0.15) is 0 Å². The molecule has 0 saturated carbocycles. The van der Waals surface area contributed by atoms with Crippen LogP contribution in [0.15, 0.2) is 64.4 Å². The first-order valence-corrected chi connectivity index (χ1v) is 12.2. The molecule has 0 amide bonds. The Bertz CT molecular complexity index is 966. The summed E-state index contributed by atoms with van der Waals surface area (Å²) in [7, 11) is -7.09. The fraction of sp³-hybridized carbons (Fsp3) is 0.368. The zero-order chi connectivity index (χ0) is 19.5. The minimum atomic E-state index is -3.73. The first-order chi connectivity index (χ1) is 12.8. The molecule has 1 aliphatic heterocycles. The van der Waals surface area contributed by atoms with E-state index in [1.165, 1.54) is 24.3 Å². The fourth-order valence-corrected chi connectivity index (χ4v) is 4.99. The van der Waals surface area contributed by atoms with Crippen molar-refractivity contribution in [2.24, 2.45) is 0 Å². The fourth-order valence-electron chi connectivity index (χ4n) is 3.32. The number of benzene rings is 2. The molecule has 8 heteroatoms. The van der Waals surface area contributed by atoms with Crippen LogP contribution in [0.2, 0.25) is 0 Å². The molecule has 0 aromatic heterocycles. The Labute approximate surface area is 161 Å². The average Bonchev–Trinajstić information content (AvgIpc) is 3.16. The van der Waals surface area contributed by atoms with E-state index in [-0.39, 0.29) is 22.4 Å². The third-order valence-corrected chi connectivity index (χ3v) is 7.36. The van der Waals surface area contributed by atoms with Crippen molar-refractivity contribution in [3.63, 3.8) is 0 Å². The monoisotopic (exact) mass is 408 g/mol. The third-order valence-electron chi connectivity index (χ3n) is 4.79. The molecule has 27 heavy (non-hydrogen) atoms. The molecule has 1 saturated heterocycles. The standard InChI is InChI=1S/C19H24N2O4S2/c1-26(22,23)17-9-11-18(12-10-17)27(24,25)20-15-19(21-13-5-6-14-21)16-7-3-2-4-8-16/h2-4,7-12,19-20H,5-6,13-15H2,1H3. The van der Waals surface area contributed by atoms with Gasteiger partial charge in [-0.2, -0.15) is 0 Å². The number of hydrogen-bond acceptors (Lipinski definition) is 5. The number of sulfonamides is 1. The molecule has 1 aliphatic rings. The van der Waals surface area contributed by atoms with E-state index in [4.69, 9.17) is 0 Å². The highest BCUT2D eigenvalue weighted by Crippen LogP contribution is 2.25. The maximum Gasteiger partial charge on any atom is 0.240 e. The van der Waals surface area contributed by atoms with Crippen molar-refractivity contribution in [2.45, 2.75) is 28.7 Å². The highest BCUT2D eigenvalue weighted by molar-refractivity contribution is 7.90. The van der Waals surface area contributed by atoms with Gasteiger partial charge in [0.25, 0.3) is 0 Å². The number of nitrogens with zero attached hydrogens (tertiary/aromatic N) is 1. The zero-order valence-electron chi connectivity index (χ0n) is 15.2. The van der Waals surface area contributed by atoms with Crippen LogP contribution in [0.4, 0.5) is 0 Å². The number of nitrogens with one attached hydrogen (secondary N) is 1. The molecule has 0 spiro atoms. The quantitative estimate of drug-likeness (QED) is 0.759. The van der Waals surface area contributed by atoms with E-state index in [1.54, 1.807) is 0 Å². The maximum atomic E-state index is 12.7. The molecule has 146 valence electrons. The molecular formula is C19H24N2O4S2. The summed E-state index contributed by atoms with van der Waals surface area (Å²) in [5.74, 6) is 0. The van der Waals surface area contributed by atoms with E-state index >= 15 is 0 Å². The molecule has 2 aromatic carbocycles. The van der Waals surface area contributed by atoms with Crippen molar-refractivity contribution >= 4 is 19.9 Å². The summed E-state index contributed by atoms with van der Waals surface area (Å²) in [5, 5.41) is 0. The van der Waals surface area contributed by atoms with Gasteiger partial charge in [-0.15, -0.1) is 0 Å². The van der Waals surface area contributed by atoms with E-state index in [9.17, 15) is 16.8 Å². The van der Waals surface area contributed by atoms with Gasteiger partial charge in [0.2, 0.25) is 10.0 Å². The van der Waals surface area contributed by atoms with Gasteiger partial charge < -0.3 is 0 Å². The second-order valence-electron chi connectivity index (χ2n) is 6.77. The lowest BCUT2D eigenvalue weighted by molar-refractivity contribution is 0.246. The predicted octanol–water partition coefficient (Wildman–Crippen LogP) is 2.21. The van der Waals surface area contributed by atoms with Crippen LogP contribution in [-0.2, 0) is 19.9 Å². The molecule has 1 N–H and O–H groups in total. The van der Waals surface area contributed by atoms with Crippen molar-refractivity contribution in [3.8, 4) is 0 Å². The normalized spacial score (nSPS) is 17.1. The van der Waals surface area contributed by atoms with Crippen molar-refractivity contribution in [1.82, 2.24) is 9.62 Å². The van der Waals surface area contributed by atoms with Crippen molar-refractivity contribution in [2.75, 3.05) is 25.9 Å². The molecule has 1 unspecified atom stereocenters. The zero-order valence-corrected chi connectivity index (χ0v) is 16.8. The summed E-state index contributed by atoms with van der Waals surface area (Å²) in [6.07, 6.45) is 3.32. The lowest BCUT2D eigenvalue weighted by atomic mass is 10.1. The third kappa shape index (κ3) is 4.95. The Kier molecular flexibility index (Phi) is 6.00. The molecule has 1 fully saturated rings. The molecule has 0 bridgehead atoms. The predicted molar refractivity (Wildman–Crippen MR) is 105 cm³/mol. The van der Waals surface area contributed by atoms with Crippen LogP contribution in [0.25, 0.3) is 0 Å². The molecule has 1 atom stereocenters. The van der Waals surface area contributed by atoms with Crippen LogP contribution in [0.1, 0.15) is 24.4 Å². The SMILES string of the molecule is CS(=O)(=O)c1ccc(S(=O)(=O)NCC(c2ccccc2)N2CCCC2)cc1. The van der Waals surface area contributed by atoms with Gasteiger partial charge in [-0.05, 0) is 55.8 Å². The maximum absolute atomic E-state index is 12.7. The van der Waals surface area contributed by atoms with Crippen LogP contribution >= 0.6 is 0 Å². The minimum Gasteiger partial charge on any atom is -0.295 e. The van der Waals surface area contributed by atoms with Crippen LogP contribution in [0.3, 0.4) is 0 Å². The number of hydrogen-bond donors (Lipinski definition) is 1. The van der Waals surface area contributed by atoms with Crippen LogP contribution in [0, 0.1) is 0 Å². The van der Waals surface area contributed by atoms with Gasteiger partial charge in [-0.1, -0.05) is 30.3 Å². The number of likely N-dealkylation sites (tertiary alicyclic amines) is 1. The molecule has 6 nitrogen and oxygen atoms in total. The second-order valence-corrected chi connectivity index (χ2v) is 10.5. The summed E-state index contributed by atoms with van der Waals surface area (Å²) >= 11 is 0. The largest absolute Gasteiger partial charge is 0.295 e. The van der Waals surface area contributed by atoms with E-state index in [2.05, 4.69) is 9.62 Å². The summed E-state index contributed by atoms with van der Waals surface area (Å²) in [4.78, 5) is 2.45. The molecule has 3 rings (SSSR count). The van der Waals surface area contributed by atoms with Gasteiger partial charge >= 0.3 is 0 Å². The van der Waals surface area contributed by atoms with Gasteiger partial charge in [-0.3, -0.25) is 4.90 Å². The number of sulfone groups is 1. The molecular weight excluding hydrogens is 384 g/mol. The Morgan fingerprint density at radius 2 is 1.44 bits per heavy atom. The first-order valence-electron chi connectivity index (χ1n) is 8.86. The molecule has 1 heterocycles. The Balaban J connectivity index is 1.77. The molecule has 0 aliphatic carbocycles. The van der Waals surface area contributed by atoms with Gasteiger partial charge in [0.15, 0.2) is 9.84 Å². The summed E-state index contributed by atoms with van der Waals surface area (Å²) in [6, 6.07) is 15.1. The van der Waals surface area contributed by atoms with Crippen molar-refractivity contribution in [1.29, 1.82) is 0 Å². The first kappa shape index (κ1) is 20.0. The highest BCUT2D eigenvalue weighted by Gasteiger charge is 2.25. The second kappa shape index (κ2) is 8.10. The van der Waals surface area contributed by atoms with Gasteiger partial charge in [0.05, 0.1) is 9.79 Å². The Hall–Kier alpha value is -1.74. The van der Waals surface area contributed by atoms with Crippen LogP contribution < -0.4 is 4.72 Å². The van der Waals surface area contributed by atoms with E-state index in [1.807, 2.05) is 30.3 Å². The van der Waals surface area contributed by atoms with E-state index < -0.39 is 19.9 Å². The Morgan fingerprint density at radius 1 is 0.889 bits per heavy atom. The van der Waals surface area contributed by atoms with Crippen molar-refractivity contribution < 1.29 is 16.8 Å². The summed E-state index contributed by atoms with van der Waals surface area (Å²) in [6.45, 7) is 2.16. The molecule has 0 radical (unpaired) electrons. The van der Waals surface area contributed by atoms with Gasteiger partial charge in [0, 0.05) is 18.8 Å². The van der Waals surface area contributed by atoms with Gasteiger partial charge in [-0.25, -0.2) is 21.6 Å². The lowest BCUT2D eigenvalue weighted by Gasteiger charge is -2.28. The Morgan fingerprint density at radius 3 is 2.00 bits per heavy atom. The average molecular weight is 409 g/mol. The van der Waals surface area contributed by atoms with Crippen LogP contribution in [-0.4, -0.2) is 47.6 Å². The summed E-state index contributed by atoms with van der Waals surface area (Å²) < 4.78 is 51.1. The topological polar surface area (TPSA) is 83.5 Å². The number of rotatable bonds is 7. The van der Waals surface area contributed by atoms with Crippen molar-refractivity contribution in [3.05, 3.63) is 60.2 Å². The molecule has 2 aromatic rings. The smallest absolute Gasteiger partial charge is 0.240 e. The van der Waals surface area contributed by atoms with Crippen LogP contribution in [0.5, 0.6) is 0 Å². The highest BCUT2D eigenvalue weighted by atomic mass is 32.2. The minimum absolute atomic E-state index is 0.0289. The summed E-state index contributed by atoms with van der Waals surface area (Å²) in [5.41, 5.74) is 1.08. The van der Waals surface area contributed by atoms with E-state index in [0.29, 0.717) is 0 Å².